The topological polar surface area (TPSA) is 29.4 Å². The highest BCUT2D eigenvalue weighted by Gasteiger charge is 2.24. The second-order valence-corrected chi connectivity index (χ2v) is 5.89. The summed E-state index contributed by atoms with van der Waals surface area (Å²) < 4.78 is 0. The van der Waals surface area contributed by atoms with E-state index < -0.39 is 0 Å². The van der Waals surface area contributed by atoms with E-state index in [1.54, 1.807) is 0 Å². The average Bonchev–Trinajstić information content (AvgIpc) is 3.01. The van der Waals surface area contributed by atoms with E-state index in [2.05, 4.69) is 39.0 Å². The van der Waals surface area contributed by atoms with Crippen molar-refractivity contribution in [2.45, 2.75) is 71.8 Å². The standard InChI is InChI=1S/C19H27NO/c1-4-7-8-19(21)18-12-11-17(20-18)16-10-9-14(5-2)15(6-3)13-16/h9-10,13,18H,4-8,11-12H2,1-3H3. The highest BCUT2D eigenvalue weighted by atomic mass is 16.1. The molecule has 0 saturated heterocycles. The molecule has 21 heavy (non-hydrogen) atoms. The molecule has 0 amide bonds. The normalized spacial score (nSPS) is 17.9. The van der Waals surface area contributed by atoms with Crippen LogP contribution in [0, 0.1) is 0 Å². The zero-order valence-corrected chi connectivity index (χ0v) is 13.6. The maximum Gasteiger partial charge on any atom is 0.157 e. The maximum atomic E-state index is 12.1. The van der Waals surface area contributed by atoms with Crippen LogP contribution in [0.15, 0.2) is 23.2 Å². The van der Waals surface area contributed by atoms with E-state index in [9.17, 15) is 4.79 Å². The third-order valence-corrected chi connectivity index (χ3v) is 4.42. The van der Waals surface area contributed by atoms with Gasteiger partial charge in [0.2, 0.25) is 0 Å². The Bertz CT molecular complexity index is 530. The van der Waals surface area contributed by atoms with Crippen LogP contribution in [-0.4, -0.2) is 17.5 Å². The lowest BCUT2D eigenvalue weighted by atomic mass is 9.97. The fraction of sp³-hybridized carbons (Fsp3) is 0.579. The molecule has 1 heterocycles. The predicted molar refractivity (Wildman–Crippen MR) is 89.3 cm³/mol. The highest BCUT2D eigenvalue weighted by molar-refractivity contribution is 6.04. The first-order chi connectivity index (χ1) is 10.2. The lowest BCUT2D eigenvalue weighted by Crippen LogP contribution is -2.15. The van der Waals surface area contributed by atoms with Crippen LogP contribution in [0.3, 0.4) is 0 Å². The molecule has 0 aromatic heterocycles. The van der Waals surface area contributed by atoms with Crippen LogP contribution in [0.1, 0.15) is 69.6 Å². The van der Waals surface area contributed by atoms with Crippen LogP contribution >= 0.6 is 0 Å². The molecule has 1 aromatic carbocycles. The maximum absolute atomic E-state index is 12.1. The number of carbonyl (C=O) groups excluding carboxylic acids is 1. The predicted octanol–water partition coefficient (Wildman–Crippen LogP) is 4.52. The van der Waals surface area contributed by atoms with Crippen molar-refractivity contribution >= 4 is 11.5 Å². The molecule has 1 aromatic rings. The number of Topliss-reactive ketones (excluding diaryl/α,β-unsaturated/α-hetero) is 1. The van der Waals surface area contributed by atoms with Crippen LogP contribution in [0.4, 0.5) is 0 Å². The van der Waals surface area contributed by atoms with Crippen molar-refractivity contribution < 1.29 is 4.79 Å². The van der Waals surface area contributed by atoms with E-state index in [0.717, 1.165) is 44.2 Å². The van der Waals surface area contributed by atoms with Crippen LogP contribution in [0.25, 0.3) is 0 Å². The van der Waals surface area contributed by atoms with Crippen LogP contribution < -0.4 is 0 Å². The number of aliphatic imine (C=N–C) groups is 1. The van der Waals surface area contributed by atoms with E-state index in [0.29, 0.717) is 12.2 Å². The van der Waals surface area contributed by atoms with Gasteiger partial charge in [0, 0.05) is 12.1 Å². The molecule has 0 N–H and O–H groups in total. The average molecular weight is 285 g/mol. The molecular formula is C19H27NO. The summed E-state index contributed by atoms with van der Waals surface area (Å²) in [6, 6.07) is 6.59. The van der Waals surface area contributed by atoms with E-state index in [4.69, 9.17) is 4.99 Å². The summed E-state index contributed by atoms with van der Waals surface area (Å²) in [5.41, 5.74) is 5.19. The van der Waals surface area contributed by atoms with Crippen molar-refractivity contribution in [2.75, 3.05) is 0 Å². The number of unbranched alkanes of at least 4 members (excludes halogenated alkanes) is 1. The summed E-state index contributed by atoms with van der Waals surface area (Å²) in [5, 5.41) is 0. The lowest BCUT2D eigenvalue weighted by molar-refractivity contribution is -0.120. The van der Waals surface area contributed by atoms with Gasteiger partial charge in [-0.3, -0.25) is 9.79 Å². The van der Waals surface area contributed by atoms with Gasteiger partial charge in [-0.05, 0) is 54.9 Å². The minimum atomic E-state index is -0.0810. The number of carbonyl (C=O) groups is 1. The smallest absolute Gasteiger partial charge is 0.157 e. The molecule has 0 fully saturated rings. The van der Waals surface area contributed by atoms with Crippen molar-refractivity contribution in [3.05, 3.63) is 34.9 Å². The summed E-state index contributed by atoms with van der Waals surface area (Å²) in [7, 11) is 0. The van der Waals surface area contributed by atoms with Gasteiger partial charge in [0.15, 0.2) is 5.78 Å². The van der Waals surface area contributed by atoms with Crippen LogP contribution in [-0.2, 0) is 17.6 Å². The lowest BCUT2D eigenvalue weighted by Gasteiger charge is -2.09. The van der Waals surface area contributed by atoms with Crippen molar-refractivity contribution in [1.82, 2.24) is 0 Å². The Labute approximate surface area is 128 Å². The number of aryl methyl sites for hydroxylation is 2. The zero-order valence-electron chi connectivity index (χ0n) is 13.6. The van der Waals surface area contributed by atoms with Crippen LogP contribution in [0.5, 0.6) is 0 Å². The molecule has 114 valence electrons. The third kappa shape index (κ3) is 3.81. The summed E-state index contributed by atoms with van der Waals surface area (Å²) in [5.74, 6) is 0.327. The molecule has 0 aliphatic carbocycles. The third-order valence-electron chi connectivity index (χ3n) is 4.42. The number of hydrogen-bond donors (Lipinski definition) is 0. The summed E-state index contributed by atoms with van der Waals surface area (Å²) >= 11 is 0. The Morgan fingerprint density at radius 3 is 2.62 bits per heavy atom. The second kappa shape index (κ2) is 7.53. The van der Waals surface area contributed by atoms with Gasteiger partial charge in [0.1, 0.15) is 6.04 Å². The number of benzene rings is 1. The molecule has 1 aliphatic rings. The van der Waals surface area contributed by atoms with E-state index >= 15 is 0 Å². The molecular weight excluding hydrogens is 258 g/mol. The highest BCUT2D eigenvalue weighted by Crippen LogP contribution is 2.23. The van der Waals surface area contributed by atoms with Crippen LogP contribution in [0.2, 0.25) is 0 Å². The number of hydrogen-bond acceptors (Lipinski definition) is 2. The summed E-state index contributed by atoms with van der Waals surface area (Å²) in [6.07, 6.45) is 6.73. The molecule has 0 saturated carbocycles. The molecule has 1 aliphatic heterocycles. The number of nitrogens with zero attached hydrogens (tertiary/aromatic N) is 1. The fourth-order valence-electron chi connectivity index (χ4n) is 3.04. The largest absolute Gasteiger partial charge is 0.297 e. The van der Waals surface area contributed by atoms with Crippen molar-refractivity contribution in [1.29, 1.82) is 0 Å². The molecule has 2 nitrogen and oxygen atoms in total. The molecule has 0 spiro atoms. The summed E-state index contributed by atoms with van der Waals surface area (Å²) in [4.78, 5) is 16.8. The molecule has 0 bridgehead atoms. The Hall–Kier alpha value is -1.44. The zero-order chi connectivity index (χ0) is 15.2. The second-order valence-electron chi connectivity index (χ2n) is 5.89. The quantitative estimate of drug-likeness (QED) is 0.724. The summed E-state index contributed by atoms with van der Waals surface area (Å²) in [6.45, 7) is 6.52. The molecule has 2 rings (SSSR count). The van der Waals surface area contributed by atoms with Gasteiger partial charge in [-0.15, -0.1) is 0 Å². The van der Waals surface area contributed by atoms with Gasteiger partial charge in [0.05, 0.1) is 0 Å². The van der Waals surface area contributed by atoms with E-state index in [1.165, 1.54) is 16.7 Å². The SMILES string of the molecule is CCCCC(=O)C1CCC(c2ccc(CC)c(CC)c2)=N1. The minimum Gasteiger partial charge on any atom is -0.297 e. The first-order valence-electron chi connectivity index (χ1n) is 8.41. The van der Waals surface area contributed by atoms with Crippen molar-refractivity contribution in [2.24, 2.45) is 4.99 Å². The molecule has 1 atom stereocenters. The molecule has 0 radical (unpaired) electrons. The van der Waals surface area contributed by atoms with Crippen molar-refractivity contribution in [3.63, 3.8) is 0 Å². The number of rotatable bonds is 7. The fourth-order valence-corrected chi connectivity index (χ4v) is 3.04. The Balaban J connectivity index is 2.14. The van der Waals surface area contributed by atoms with Gasteiger partial charge in [-0.2, -0.15) is 0 Å². The van der Waals surface area contributed by atoms with Gasteiger partial charge in [0.25, 0.3) is 0 Å². The first-order valence-corrected chi connectivity index (χ1v) is 8.41. The Morgan fingerprint density at radius 1 is 1.19 bits per heavy atom. The van der Waals surface area contributed by atoms with Gasteiger partial charge in [-0.1, -0.05) is 39.3 Å². The first kappa shape index (κ1) is 15.9. The minimum absolute atomic E-state index is 0.0810. The van der Waals surface area contributed by atoms with Gasteiger partial charge >= 0.3 is 0 Å². The van der Waals surface area contributed by atoms with E-state index in [-0.39, 0.29) is 6.04 Å². The molecule has 1 unspecified atom stereocenters. The monoisotopic (exact) mass is 285 g/mol. The van der Waals surface area contributed by atoms with Crippen molar-refractivity contribution in [3.8, 4) is 0 Å². The Kier molecular flexibility index (Phi) is 5.72. The number of ketones is 1. The molecule has 2 heteroatoms. The van der Waals surface area contributed by atoms with E-state index in [1.807, 2.05) is 0 Å². The Morgan fingerprint density at radius 2 is 1.95 bits per heavy atom. The van der Waals surface area contributed by atoms with Gasteiger partial charge < -0.3 is 0 Å². The van der Waals surface area contributed by atoms with Gasteiger partial charge in [-0.25, -0.2) is 0 Å².